The third-order valence-corrected chi connectivity index (χ3v) is 3.84. The van der Waals surface area contributed by atoms with Crippen molar-refractivity contribution >= 4 is 5.78 Å². The van der Waals surface area contributed by atoms with Crippen LogP contribution in [0.25, 0.3) is 0 Å². The van der Waals surface area contributed by atoms with E-state index < -0.39 is 0 Å². The molecule has 0 radical (unpaired) electrons. The van der Waals surface area contributed by atoms with Crippen LogP contribution in [0.15, 0.2) is 12.1 Å². The van der Waals surface area contributed by atoms with Gasteiger partial charge in [-0.05, 0) is 30.7 Å². The fraction of sp³-hybridized carbons (Fsp3) is 0.538. The van der Waals surface area contributed by atoms with Gasteiger partial charge in [-0.25, -0.2) is 4.98 Å². The summed E-state index contributed by atoms with van der Waals surface area (Å²) in [4.78, 5) is 16.3. The molecule has 0 aliphatic heterocycles. The third kappa shape index (κ3) is 1.42. The van der Waals surface area contributed by atoms with Gasteiger partial charge in [0.05, 0.1) is 7.11 Å². The fourth-order valence-electron chi connectivity index (χ4n) is 2.93. The number of nitrogens with zero attached hydrogens (tertiary/aromatic N) is 1. The first kappa shape index (κ1) is 9.82. The van der Waals surface area contributed by atoms with E-state index in [1.165, 1.54) is 5.56 Å². The van der Waals surface area contributed by atoms with Crippen LogP contribution in [-0.4, -0.2) is 17.9 Å². The smallest absolute Gasteiger partial charge is 0.213 e. The average molecular weight is 217 g/mol. The van der Waals surface area contributed by atoms with E-state index in [1.54, 1.807) is 7.11 Å². The highest BCUT2D eigenvalue weighted by atomic mass is 16.5. The molecule has 2 bridgehead atoms. The molecule has 1 saturated carbocycles. The number of hydrogen-bond acceptors (Lipinski definition) is 3. The number of hydrogen-bond donors (Lipinski definition) is 0. The second kappa shape index (κ2) is 3.58. The van der Waals surface area contributed by atoms with E-state index in [1.807, 2.05) is 6.07 Å². The van der Waals surface area contributed by atoms with Crippen LogP contribution in [0, 0.1) is 5.92 Å². The number of pyridine rings is 1. The summed E-state index contributed by atoms with van der Waals surface area (Å²) >= 11 is 0. The largest absolute Gasteiger partial charge is 0.481 e. The first-order chi connectivity index (χ1) is 7.78. The van der Waals surface area contributed by atoms with E-state index >= 15 is 0 Å². The molecule has 2 unspecified atom stereocenters. The van der Waals surface area contributed by atoms with Gasteiger partial charge in [-0.2, -0.15) is 0 Å². The van der Waals surface area contributed by atoms with Crippen molar-refractivity contribution in [3.8, 4) is 5.88 Å². The number of ether oxygens (including phenoxy) is 1. The highest BCUT2D eigenvalue weighted by Gasteiger charge is 2.35. The topological polar surface area (TPSA) is 39.2 Å². The number of methoxy groups -OCH3 is 1. The molecule has 1 aromatic rings. The SMILES string of the molecule is COc1ccc2c(n1)CC1CCC2CC1=O. The molecule has 0 N–H and O–H groups in total. The Kier molecular flexibility index (Phi) is 2.20. The van der Waals surface area contributed by atoms with Crippen LogP contribution in [0.2, 0.25) is 0 Å². The molecule has 0 aromatic carbocycles. The molecule has 1 aromatic heterocycles. The summed E-state index contributed by atoms with van der Waals surface area (Å²) in [5.41, 5.74) is 2.35. The molecule has 4 rings (SSSR count). The molecule has 0 spiro atoms. The quantitative estimate of drug-likeness (QED) is 0.723. The number of rotatable bonds is 1. The lowest BCUT2D eigenvalue weighted by molar-refractivity contribution is -0.124. The van der Waals surface area contributed by atoms with Crippen molar-refractivity contribution in [2.75, 3.05) is 7.11 Å². The van der Waals surface area contributed by atoms with Crippen molar-refractivity contribution in [3.05, 3.63) is 23.4 Å². The zero-order valence-electron chi connectivity index (χ0n) is 9.40. The maximum absolute atomic E-state index is 11.8. The predicted octanol–water partition coefficient (Wildman–Crippen LogP) is 2.10. The van der Waals surface area contributed by atoms with E-state index in [0.717, 1.165) is 25.0 Å². The predicted molar refractivity (Wildman–Crippen MR) is 59.6 cm³/mol. The highest BCUT2D eigenvalue weighted by Crippen LogP contribution is 2.41. The minimum absolute atomic E-state index is 0.206. The van der Waals surface area contributed by atoms with Crippen molar-refractivity contribution in [1.29, 1.82) is 0 Å². The fourth-order valence-corrected chi connectivity index (χ4v) is 2.93. The normalized spacial score (nSPS) is 27.4. The van der Waals surface area contributed by atoms with Gasteiger partial charge in [0.25, 0.3) is 0 Å². The Balaban J connectivity index is 2.07. The van der Waals surface area contributed by atoms with Crippen molar-refractivity contribution in [2.24, 2.45) is 5.92 Å². The lowest BCUT2D eigenvalue weighted by Crippen LogP contribution is -2.21. The van der Waals surface area contributed by atoms with Crippen LogP contribution in [0.5, 0.6) is 5.88 Å². The summed E-state index contributed by atoms with van der Waals surface area (Å²) in [5, 5.41) is 0. The van der Waals surface area contributed by atoms with Crippen molar-refractivity contribution < 1.29 is 9.53 Å². The van der Waals surface area contributed by atoms with Gasteiger partial charge in [-0.1, -0.05) is 6.07 Å². The van der Waals surface area contributed by atoms with E-state index in [2.05, 4.69) is 11.1 Å². The van der Waals surface area contributed by atoms with Crippen LogP contribution < -0.4 is 4.74 Å². The first-order valence-corrected chi connectivity index (χ1v) is 5.84. The molecule has 2 atom stereocenters. The summed E-state index contributed by atoms with van der Waals surface area (Å²) in [7, 11) is 1.63. The Morgan fingerprint density at radius 1 is 1.25 bits per heavy atom. The molecule has 3 heteroatoms. The summed E-state index contributed by atoms with van der Waals surface area (Å²) in [5.74, 6) is 1.69. The van der Waals surface area contributed by atoms with Crippen molar-refractivity contribution in [1.82, 2.24) is 4.98 Å². The molecule has 16 heavy (non-hydrogen) atoms. The van der Waals surface area contributed by atoms with Gasteiger partial charge in [0.15, 0.2) is 0 Å². The van der Waals surface area contributed by atoms with Crippen molar-refractivity contribution in [3.63, 3.8) is 0 Å². The summed E-state index contributed by atoms with van der Waals surface area (Å²) in [6.07, 6.45) is 3.69. The Morgan fingerprint density at radius 3 is 2.81 bits per heavy atom. The summed E-state index contributed by atoms with van der Waals surface area (Å²) < 4.78 is 5.14. The monoisotopic (exact) mass is 217 g/mol. The molecule has 1 heterocycles. The molecule has 1 fully saturated rings. The maximum Gasteiger partial charge on any atom is 0.213 e. The average Bonchev–Trinajstić information content (AvgIpc) is 2.55. The van der Waals surface area contributed by atoms with E-state index in [0.29, 0.717) is 24.0 Å². The van der Waals surface area contributed by atoms with Crippen LogP contribution in [0.3, 0.4) is 0 Å². The van der Waals surface area contributed by atoms with E-state index in [4.69, 9.17) is 4.74 Å². The first-order valence-electron chi connectivity index (χ1n) is 5.84. The van der Waals surface area contributed by atoms with E-state index in [9.17, 15) is 4.79 Å². The second-order valence-electron chi connectivity index (χ2n) is 4.74. The maximum atomic E-state index is 11.8. The molecular formula is C13H15NO2. The Labute approximate surface area is 94.8 Å². The van der Waals surface area contributed by atoms with Crippen LogP contribution in [0.4, 0.5) is 0 Å². The van der Waals surface area contributed by atoms with Gasteiger partial charge in [-0.15, -0.1) is 0 Å². The zero-order chi connectivity index (χ0) is 11.1. The number of ketones is 1. The second-order valence-corrected chi connectivity index (χ2v) is 4.74. The lowest BCUT2D eigenvalue weighted by atomic mass is 9.81. The Hall–Kier alpha value is -1.38. The van der Waals surface area contributed by atoms with Crippen molar-refractivity contribution in [2.45, 2.75) is 31.6 Å². The molecule has 3 aliphatic carbocycles. The van der Waals surface area contributed by atoms with Crippen LogP contribution >= 0.6 is 0 Å². The molecule has 84 valence electrons. The molecule has 3 nitrogen and oxygen atoms in total. The minimum Gasteiger partial charge on any atom is -0.481 e. The van der Waals surface area contributed by atoms with Gasteiger partial charge < -0.3 is 4.74 Å². The van der Waals surface area contributed by atoms with Crippen LogP contribution in [0.1, 0.15) is 36.4 Å². The van der Waals surface area contributed by atoms with Gasteiger partial charge in [0, 0.05) is 24.1 Å². The lowest BCUT2D eigenvalue weighted by Gasteiger charge is -2.21. The molecule has 0 amide bonds. The number of carbonyl (C=O) groups is 1. The third-order valence-electron chi connectivity index (χ3n) is 3.84. The Morgan fingerprint density at radius 2 is 2.06 bits per heavy atom. The molecular weight excluding hydrogens is 202 g/mol. The standard InChI is InChI=1S/C13H15NO2/c1-16-13-5-4-10-8-2-3-9(12(15)7-8)6-11(10)14-13/h4-5,8-9H,2-3,6-7H2,1H3. The van der Waals surface area contributed by atoms with Crippen LogP contribution in [-0.2, 0) is 11.2 Å². The number of fused-ring (bicyclic) bond motifs is 2. The van der Waals surface area contributed by atoms with Gasteiger partial charge in [-0.3, -0.25) is 4.79 Å². The number of carbonyl (C=O) groups excluding carboxylic acids is 1. The van der Waals surface area contributed by atoms with Gasteiger partial charge in [0.2, 0.25) is 5.88 Å². The van der Waals surface area contributed by atoms with Gasteiger partial charge >= 0.3 is 0 Å². The Bertz CT molecular complexity index is 442. The summed E-state index contributed by atoms with van der Waals surface area (Å²) in [6.45, 7) is 0. The molecule has 0 saturated heterocycles. The number of aromatic nitrogens is 1. The number of Topliss-reactive ketones (excluding diaryl/α,β-unsaturated/α-hetero) is 1. The molecule has 3 aliphatic rings. The van der Waals surface area contributed by atoms with Gasteiger partial charge in [0.1, 0.15) is 5.78 Å². The van der Waals surface area contributed by atoms with E-state index in [-0.39, 0.29) is 5.92 Å². The highest BCUT2D eigenvalue weighted by molar-refractivity contribution is 5.83. The zero-order valence-corrected chi connectivity index (χ0v) is 9.40. The summed E-state index contributed by atoms with van der Waals surface area (Å²) in [6, 6.07) is 3.99. The minimum atomic E-state index is 0.206.